The van der Waals surface area contributed by atoms with E-state index in [1.54, 1.807) is 18.3 Å². The second kappa shape index (κ2) is 5.85. The summed E-state index contributed by atoms with van der Waals surface area (Å²) in [4.78, 5) is 4.88. The number of hydrogen-bond donors (Lipinski definition) is 2. The maximum Gasteiger partial charge on any atom is 0.294 e. The van der Waals surface area contributed by atoms with Crippen molar-refractivity contribution in [1.82, 2.24) is 4.98 Å². The molecular formula is C14H11ClN2O3S2. The van der Waals surface area contributed by atoms with Crippen molar-refractivity contribution in [2.75, 3.05) is 5.32 Å². The quantitative estimate of drug-likeness (QED) is 0.696. The molecule has 0 saturated heterocycles. The molecule has 3 rings (SSSR count). The van der Waals surface area contributed by atoms with Gasteiger partial charge in [0.1, 0.15) is 0 Å². The van der Waals surface area contributed by atoms with Gasteiger partial charge in [0.15, 0.2) is 4.47 Å². The Hall–Kier alpha value is -1.67. The third-order valence-corrected chi connectivity index (χ3v) is 5.07. The summed E-state index contributed by atoms with van der Waals surface area (Å²) < 4.78 is 31.8. The van der Waals surface area contributed by atoms with Crippen molar-refractivity contribution in [2.24, 2.45) is 0 Å². The van der Waals surface area contributed by atoms with E-state index in [2.05, 4.69) is 10.3 Å². The Bertz CT molecular complexity index is 938. The standard InChI is InChI=1S/C14H11ClN2O3S2/c15-14-17-8-12(21-14)7-16-11-3-1-10-6-13(22(18,19)20)4-2-9(10)5-11/h1-6,8,16H,7H2,(H,18,19,20). The fourth-order valence-electron chi connectivity index (χ4n) is 2.05. The fraction of sp³-hybridized carbons (Fsp3) is 0.0714. The highest BCUT2D eigenvalue weighted by atomic mass is 35.5. The molecule has 114 valence electrons. The third-order valence-electron chi connectivity index (χ3n) is 3.10. The molecule has 0 aliphatic heterocycles. The molecule has 0 aliphatic carbocycles. The summed E-state index contributed by atoms with van der Waals surface area (Å²) in [5.41, 5.74) is 0.900. The first-order valence-corrected chi connectivity index (χ1v) is 8.91. The van der Waals surface area contributed by atoms with Crippen molar-refractivity contribution in [1.29, 1.82) is 0 Å². The topological polar surface area (TPSA) is 79.3 Å². The van der Waals surface area contributed by atoms with Crippen LogP contribution in [0.2, 0.25) is 4.47 Å². The molecule has 22 heavy (non-hydrogen) atoms. The minimum atomic E-state index is -4.18. The molecule has 0 bridgehead atoms. The van der Waals surface area contributed by atoms with Crippen LogP contribution >= 0.6 is 22.9 Å². The first-order valence-electron chi connectivity index (χ1n) is 6.27. The van der Waals surface area contributed by atoms with Crippen LogP contribution in [-0.2, 0) is 16.7 Å². The van der Waals surface area contributed by atoms with Gasteiger partial charge in [0, 0.05) is 16.8 Å². The number of anilines is 1. The first kappa shape index (κ1) is 15.2. The van der Waals surface area contributed by atoms with Gasteiger partial charge in [-0.3, -0.25) is 4.55 Å². The minimum Gasteiger partial charge on any atom is -0.380 e. The van der Waals surface area contributed by atoms with Crippen LogP contribution in [0.5, 0.6) is 0 Å². The maximum absolute atomic E-state index is 11.1. The van der Waals surface area contributed by atoms with Gasteiger partial charge in [0.05, 0.1) is 11.4 Å². The van der Waals surface area contributed by atoms with E-state index in [4.69, 9.17) is 16.2 Å². The normalized spacial score (nSPS) is 11.7. The zero-order chi connectivity index (χ0) is 15.7. The molecule has 3 aromatic rings. The smallest absolute Gasteiger partial charge is 0.294 e. The number of rotatable bonds is 4. The molecule has 0 amide bonds. The Kier molecular flexibility index (Phi) is 4.05. The van der Waals surface area contributed by atoms with Crippen molar-refractivity contribution in [2.45, 2.75) is 11.4 Å². The predicted octanol–water partition coefficient (Wildman–Crippen LogP) is 3.81. The van der Waals surface area contributed by atoms with Crippen molar-refractivity contribution in [3.63, 3.8) is 0 Å². The van der Waals surface area contributed by atoms with E-state index >= 15 is 0 Å². The lowest BCUT2D eigenvalue weighted by atomic mass is 10.1. The highest BCUT2D eigenvalue weighted by Gasteiger charge is 2.09. The van der Waals surface area contributed by atoms with Gasteiger partial charge in [-0.25, -0.2) is 4.98 Å². The van der Waals surface area contributed by atoms with Crippen molar-refractivity contribution in [3.8, 4) is 0 Å². The molecule has 0 spiro atoms. The molecule has 8 heteroatoms. The number of aromatic nitrogens is 1. The molecule has 2 aromatic carbocycles. The number of fused-ring (bicyclic) bond motifs is 1. The average Bonchev–Trinajstić information content (AvgIpc) is 2.89. The summed E-state index contributed by atoms with van der Waals surface area (Å²) in [5.74, 6) is 0. The number of hydrogen-bond acceptors (Lipinski definition) is 5. The molecular weight excluding hydrogens is 344 g/mol. The van der Waals surface area contributed by atoms with Gasteiger partial charge in [0.2, 0.25) is 0 Å². The number of halogens is 1. The Balaban J connectivity index is 1.84. The largest absolute Gasteiger partial charge is 0.380 e. The molecule has 1 aromatic heterocycles. The van der Waals surface area contributed by atoms with E-state index < -0.39 is 10.1 Å². The van der Waals surface area contributed by atoms with Crippen LogP contribution in [0, 0.1) is 0 Å². The lowest BCUT2D eigenvalue weighted by Gasteiger charge is -2.07. The van der Waals surface area contributed by atoms with Crippen molar-refractivity contribution < 1.29 is 13.0 Å². The minimum absolute atomic E-state index is 0.111. The summed E-state index contributed by atoms with van der Waals surface area (Å²) in [7, 11) is -4.18. The van der Waals surface area contributed by atoms with Crippen LogP contribution in [0.1, 0.15) is 4.88 Å². The lowest BCUT2D eigenvalue weighted by molar-refractivity contribution is 0.483. The summed E-state index contributed by atoms with van der Waals surface area (Å²) in [6.07, 6.45) is 1.72. The summed E-state index contributed by atoms with van der Waals surface area (Å²) in [6, 6.07) is 10.0. The van der Waals surface area contributed by atoms with Crippen LogP contribution in [0.25, 0.3) is 10.8 Å². The van der Waals surface area contributed by atoms with E-state index in [1.165, 1.54) is 23.5 Å². The van der Waals surface area contributed by atoms with Gasteiger partial charge in [-0.15, -0.1) is 11.3 Å². The zero-order valence-corrected chi connectivity index (χ0v) is 13.5. The second-order valence-electron chi connectivity index (χ2n) is 4.63. The number of benzene rings is 2. The molecule has 0 saturated carbocycles. The van der Waals surface area contributed by atoms with Crippen LogP contribution in [0.15, 0.2) is 47.5 Å². The Labute approximate surface area is 136 Å². The fourth-order valence-corrected chi connectivity index (χ4v) is 3.48. The summed E-state index contributed by atoms with van der Waals surface area (Å²) >= 11 is 7.19. The van der Waals surface area contributed by atoms with Crippen molar-refractivity contribution in [3.05, 3.63) is 51.9 Å². The van der Waals surface area contributed by atoms with Crippen LogP contribution in [-0.4, -0.2) is 18.0 Å². The molecule has 0 radical (unpaired) electrons. The highest BCUT2D eigenvalue weighted by molar-refractivity contribution is 7.85. The Morgan fingerprint density at radius 1 is 1.18 bits per heavy atom. The zero-order valence-electron chi connectivity index (χ0n) is 11.2. The van der Waals surface area contributed by atoms with Crippen LogP contribution in [0.4, 0.5) is 5.69 Å². The van der Waals surface area contributed by atoms with E-state index in [1.807, 2.05) is 12.1 Å². The van der Waals surface area contributed by atoms with Gasteiger partial charge >= 0.3 is 0 Å². The maximum atomic E-state index is 11.1. The summed E-state index contributed by atoms with van der Waals surface area (Å²) in [5, 5.41) is 4.87. The number of nitrogens with one attached hydrogen (secondary N) is 1. The Morgan fingerprint density at radius 3 is 2.59 bits per heavy atom. The molecule has 2 N–H and O–H groups in total. The lowest BCUT2D eigenvalue weighted by Crippen LogP contribution is -1.98. The molecule has 0 atom stereocenters. The average molecular weight is 355 g/mol. The molecule has 1 heterocycles. The van der Waals surface area contributed by atoms with E-state index in [0.717, 1.165) is 21.3 Å². The van der Waals surface area contributed by atoms with Gasteiger partial charge < -0.3 is 5.32 Å². The molecule has 0 unspecified atom stereocenters. The monoisotopic (exact) mass is 354 g/mol. The molecule has 0 fully saturated rings. The van der Waals surface area contributed by atoms with Crippen LogP contribution in [0.3, 0.4) is 0 Å². The van der Waals surface area contributed by atoms with E-state index in [0.29, 0.717) is 11.0 Å². The SMILES string of the molecule is O=S(=O)(O)c1ccc2cc(NCc3cnc(Cl)s3)ccc2c1. The summed E-state index contributed by atoms with van der Waals surface area (Å²) in [6.45, 7) is 0.610. The van der Waals surface area contributed by atoms with Gasteiger partial charge in [-0.1, -0.05) is 23.7 Å². The van der Waals surface area contributed by atoms with Gasteiger partial charge in [-0.05, 0) is 35.0 Å². The van der Waals surface area contributed by atoms with E-state index in [9.17, 15) is 8.42 Å². The van der Waals surface area contributed by atoms with Gasteiger partial charge in [-0.2, -0.15) is 8.42 Å². The first-order chi connectivity index (χ1) is 10.4. The predicted molar refractivity (Wildman–Crippen MR) is 88.2 cm³/mol. The van der Waals surface area contributed by atoms with Crippen LogP contribution < -0.4 is 5.32 Å². The number of nitrogens with zero attached hydrogens (tertiary/aromatic N) is 1. The number of thiazole rings is 1. The molecule has 5 nitrogen and oxygen atoms in total. The van der Waals surface area contributed by atoms with Crippen molar-refractivity contribution >= 4 is 49.5 Å². The second-order valence-corrected chi connectivity index (χ2v) is 7.75. The van der Waals surface area contributed by atoms with E-state index in [-0.39, 0.29) is 4.90 Å². The van der Waals surface area contributed by atoms with Gasteiger partial charge in [0.25, 0.3) is 10.1 Å². The Morgan fingerprint density at radius 2 is 1.91 bits per heavy atom. The molecule has 0 aliphatic rings. The highest BCUT2D eigenvalue weighted by Crippen LogP contribution is 2.24. The third kappa shape index (κ3) is 3.38.